The SMILES string of the molecule is CN(C)C(=O)[C@@H]1CCCN1Cc1ncc(Cl)n1C. The molecule has 5 nitrogen and oxygen atoms in total. The minimum atomic E-state index is -0.0181. The number of likely N-dealkylation sites (tertiary alicyclic amines) is 1. The predicted molar refractivity (Wildman–Crippen MR) is 70.3 cm³/mol. The molecule has 0 radical (unpaired) electrons. The van der Waals surface area contributed by atoms with Gasteiger partial charge in [0.05, 0.1) is 18.8 Å². The van der Waals surface area contributed by atoms with E-state index in [0.717, 1.165) is 25.2 Å². The fraction of sp³-hybridized carbons (Fsp3) is 0.667. The van der Waals surface area contributed by atoms with Crippen LogP contribution < -0.4 is 0 Å². The van der Waals surface area contributed by atoms with E-state index in [9.17, 15) is 4.79 Å². The second kappa shape index (κ2) is 5.28. The Hall–Kier alpha value is -1.07. The molecule has 1 fully saturated rings. The maximum atomic E-state index is 12.1. The van der Waals surface area contributed by atoms with Crippen LogP contribution in [0.1, 0.15) is 18.7 Å². The van der Waals surface area contributed by atoms with Crippen LogP contribution in [0.25, 0.3) is 0 Å². The Morgan fingerprint density at radius 3 is 2.89 bits per heavy atom. The zero-order valence-electron chi connectivity index (χ0n) is 11.1. The van der Waals surface area contributed by atoms with E-state index in [1.807, 2.05) is 11.6 Å². The Bertz CT molecular complexity index is 443. The average molecular weight is 271 g/mol. The monoisotopic (exact) mass is 270 g/mol. The summed E-state index contributed by atoms with van der Waals surface area (Å²) in [5, 5.41) is 0.625. The van der Waals surface area contributed by atoms with Gasteiger partial charge in [-0.15, -0.1) is 0 Å². The molecule has 18 heavy (non-hydrogen) atoms. The molecule has 1 aliphatic rings. The van der Waals surface area contributed by atoms with E-state index >= 15 is 0 Å². The van der Waals surface area contributed by atoms with Crippen molar-refractivity contribution in [2.75, 3.05) is 20.6 Å². The van der Waals surface area contributed by atoms with Crippen molar-refractivity contribution in [1.29, 1.82) is 0 Å². The van der Waals surface area contributed by atoms with Gasteiger partial charge in [-0.2, -0.15) is 0 Å². The molecule has 0 spiro atoms. The quantitative estimate of drug-likeness (QED) is 0.827. The number of carbonyl (C=O) groups excluding carboxylic acids is 1. The lowest BCUT2D eigenvalue weighted by atomic mass is 10.2. The number of imidazole rings is 1. The van der Waals surface area contributed by atoms with Crippen molar-refractivity contribution in [3.63, 3.8) is 0 Å². The fourth-order valence-corrected chi connectivity index (χ4v) is 2.49. The summed E-state index contributed by atoms with van der Waals surface area (Å²) in [5.41, 5.74) is 0. The van der Waals surface area contributed by atoms with Crippen molar-refractivity contribution in [2.45, 2.75) is 25.4 Å². The van der Waals surface area contributed by atoms with Crippen molar-refractivity contribution in [3.8, 4) is 0 Å². The smallest absolute Gasteiger partial charge is 0.239 e. The lowest BCUT2D eigenvalue weighted by molar-refractivity contribution is -0.133. The molecule has 1 amide bonds. The molecule has 0 unspecified atom stereocenters. The summed E-state index contributed by atoms with van der Waals surface area (Å²) in [6, 6.07) is -0.0181. The van der Waals surface area contributed by atoms with Gasteiger partial charge in [-0.1, -0.05) is 11.6 Å². The van der Waals surface area contributed by atoms with Gasteiger partial charge >= 0.3 is 0 Å². The number of halogens is 1. The number of amides is 1. The minimum absolute atomic E-state index is 0.0181. The number of hydrogen-bond donors (Lipinski definition) is 0. The van der Waals surface area contributed by atoms with Crippen molar-refractivity contribution >= 4 is 17.5 Å². The topological polar surface area (TPSA) is 41.4 Å². The third-order valence-electron chi connectivity index (χ3n) is 3.46. The Kier molecular flexibility index (Phi) is 3.92. The highest BCUT2D eigenvalue weighted by Gasteiger charge is 2.32. The summed E-state index contributed by atoms with van der Waals surface area (Å²) in [7, 11) is 5.50. The molecule has 0 saturated carbocycles. The summed E-state index contributed by atoms with van der Waals surface area (Å²) in [5.74, 6) is 1.08. The summed E-state index contributed by atoms with van der Waals surface area (Å²) >= 11 is 5.97. The van der Waals surface area contributed by atoms with E-state index in [4.69, 9.17) is 11.6 Å². The van der Waals surface area contributed by atoms with E-state index in [-0.39, 0.29) is 11.9 Å². The van der Waals surface area contributed by atoms with Gasteiger partial charge in [0.1, 0.15) is 11.0 Å². The second-order valence-corrected chi connectivity index (χ2v) is 5.30. The summed E-state index contributed by atoms with van der Waals surface area (Å²) in [4.78, 5) is 20.2. The van der Waals surface area contributed by atoms with Gasteiger partial charge in [0.2, 0.25) is 5.91 Å². The Morgan fingerprint density at radius 2 is 2.33 bits per heavy atom. The minimum Gasteiger partial charge on any atom is -0.347 e. The molecule has 1 aromatic heterocycles. The Labute approximate surface area is 112 Å². The fourth-order valence-electron chi connectivity index (χ4n) is 2.35. The van der Waals surface area contributed by atoms with Crippen LogP contribution in [0.4, 0.5) is 0 Å². The van der Waals surface area contributed by atoms with Gasteiger partial charge < -0.3 is 9.47 Å². The van der Waals surface area contributed by atoms with E-state index < -0.39 is 0 Å². The Morgan fingerprint density at radius 1 is 1.61 bits per heavy atom. The molecule has 6 heteroatoms. The molecular formula is C12H19ClN4O. The number of likely N-dealkylation sites (N-methyl/N-ethyl adjacent to an activating group) is 1. The number of aromatic nitrogens is 2. The summed E-state index contributed by atoms with van der Waals surface area (Å²) < 4.78 is 1.86. The van der Waals surface area contributed by atoms with Gasteiger partial charge in [-0.25, -0.2) is 4.98 Å². The molecule has 1 atom stereocenters. The molecule has 2 rings (SSSR count). The lowest BCUT2D eigenvalue weighted by Crippen LogP contribution is -2.42. The van der Waals surface area contributed by atoms with Gasteiger partial charge in [-0.05, 0) is 19.4 Å². The highest BCUT2D eigenvalue weighted by Crippen LogP contribution is 2.21. The van der Waals surface area contributed by atoms with Gasteiger partial charge in [0, 0.05) is 21.1 Å². The number of hydrogen-bond acceptors (Lipinski definition) is 3. The van der Waals surface area contributed by atoms with Crippen LogP contribution in [0.15, 0.2) is 6.20 Å². The molecule has 100 valence electrons. The largest absolute Gasteiger partial charge is 0.347 e. The van der Waals surface area contributed by atoms with Crippen LogP contribution in [0, 0.1) is 0 Å². The van der Waals surface area contributed by atoms with Crippen molar-refractivity contribution in [2.24, 2.45) is 7.05 Å². The van der Waals surface area contributed by atoms with Crippen LogP contribution in [-0.4, -0.2) is 51.9 Å². The first-order valence-electron chi connectivity index (χ1n) is 6.12. The van der Waals surface area contributed by atoms with Gasteiger partial charge in [0.15, 0.2) is 0 Å². The van der Waals surface area contributed by atoms with Crippen LogP contribution in [-0.2, 0) is 18.4 Å². The third kappa shape index (κ3) is 2.52. The first-order chi connectivity index (χ1) is 8.50. The molecule has 0 aromatic carbocycles. The lowest BCUT2D eigenvalue weighted by Gasteiger charge is -2.25. The van der Waals surface area contributed by atoms with Crippen LogP contribution in [0.3, 0.4) is 0 Å². The predicted octanol–water partition coefficient (Wildman–Crippen LogP) is 1.13. The number of rotatable bonds is 3. The normalized spacial score (nSPS) is 20.3. The molecule has 0 aliphatic carbocycles. The van der Waals surface area contributed by atoms with Gasteiger partial charge in [-0.3, -0.25) is 9.69 Å². The number of nitrogens with zero attached hydrogens (tertiary/aromatic N) is 4. The standard InChI is InChI=1S/C12H19ClN4O/c1-15(2)12(18)9-5-4-6-17(9)8-11-14-7-10(13)16(11)3/h7,9H,4-6,8H2,1-3H3/t9-/m0/s1. The van der Waals surface area contributed by atoms with Crippen molar-refractivity contribution in [1.82, 2.24) is 19.4 Å². The summed E-state index contributed by atoms with van der Waals surface area (Å²) in [6.07, 6.45) is 3.63. The highest BCUT2D eigenvalue weighted by molar-refractivity contribution is 6.29. The molecule has 0 N–H and O–H groups in total. The molecule has 1 saturated heterocycles. The van der Waals surface area contributed by atoms with Gasteiger partial charge in [0.25, 0.3) is 0 Å². The zero-order chi connectivity index (χ0) is 13.3. The van der Waals surface area contributed by atoms with Crippen LogP contribution in [0.2, 0.25) is 5.15 Å². The van der Waals surface area contributed by atoms with Crippen molar-refractivity contribution in [3.05, 3.63) is 17.2 Å². The van der Waals surface area contributed by atoms with E-state index in [0.29, 0.717) is 11.7 Å². The molecule has 2 heterocycles. The molecular weight excluding hydrogens is 252 g/mol. The third-order valence-corrected chi connectivity index (χ3v) is 3.81. The first kappa shape index (κ1) is 13.4. The zero-order valence-corrected chi connectivity index (χ0v) is 11.8. The Balaban J connectivity index is 2.09. The highest BCUT2D eigenvalue weighted by atomic mass is 35.5. The van der Waals surface area contributed by atoms with E-state index in [1.165, 1.54) is 0 Å². The van der Waals surface area contributed by atoms with E-state index in [1.54, 1.807) is 25.2 Å². The maximum Gasteiger partial charge on any atom is 0.239 e. The molecule has 1 aliphatic heterocycles. The number of carbonyl (C=O) groups is 1. The maximum absolute atomic E-state index is 12.1. The first-order valence-corrected chi connectivity index (χ1v) is 6.50. The van der Waals surface area contributed by atoms with E-state index in [2.05, 4.69) is 9.88 Å². The molecule has 1 aromatic rings. The van der Waals surface area contributed by atoms with Crippen LogP contribution in [0.5, 0.6) is 0 Å². The average Bonchev–Trinajstić information content (AvgIpc) is 2.90. The van der Waals surface area contributed by atoms with Crippen LogP contribution >= 0.6 is 11.6 Å². The van der Waals surface area contributed by atoms with Crippen molar-refractivity contribution < 1.29 is 4.79 Å². The second-order valence-electron chi connectivity index (χ2n) is 4.92. The summed E-state index contributed by atoms with van der Waals surface area (Å²) in [6.45, 7) is 1.61. The molecule has 0 bridgehead atoms.